The van der Waals surface area contributed by atoms with E-state index >= 15 is 0 Å². The quantitative estimate of drug-likeness (QED) is 0.899. The molecule has 1 N–H and O–H groups in total. The van der Waals surface area contributed by atoms with Crippen molar-refractivity contribution >= 4 is 5.97 Å². The van der Waals surface area contributed by atoms with Gasteiger partial charge in [-0.3, -0.25) is 9.69 Å². The summed E-state index contributed by atoms with van der Waals surface area (Å²) in [5.74, 6) is -0.741. The summed E-state index contributed by atoms with van der Waals surface area (Å²) in [4.78, 5) is 13.4. The molecule has 0 amide bonds. The molecule has 2 atom stereocenters. The SMILES string of the molecule is COC1CC(CC(=O)O)N(Cc2cccc3c2CCOC3)C1. The van der Waals surface area contributed by atoms with Gasteiger partial charge in [0.15, 0.2) is 0 Å². The molecule has 120 valence electrons. The molecular weight excluding hydrogens is 282 g/mol. The Morgan fingerprint density at radius 2 is 2.36 bits per heavy atom. The van der Waals surface area contributed by atoms with Crippen LogP contribution in [-0.4, -0.2) is 48.4 Å². The van der Waals surface area contributed by atoms with Crippen molar-refractivity contribution in [1.29, 1.82) is 0 Å². The molecule has 5 nitrogen and oxygen atoms in total. The van der Waals surface area contributed by atoms with Crippen LogP contribution < -0.4 is 0 Å². The van der Waals surface area contributed by atoms with Crippen LogP contribution >= 0.6 is 0 Å². The fraction of sp³-hybridized carbons (Fsp3) is 0.588. The molecule has 0 saturated carbocycles. The van der Waals surface area contributed by atoms with Gasteiger partial charge in [0.25, 0.3) is 0 Å². The monoisotopic (exact) mass is 305 g/mol. The molecule has 1 aromatic rings. The molecule has 1 aromatic carbocycles. The van der Waals surface area contributed by atoms with Crippen LogP contribution in [0.4, 0.5) is 0 Å². The number of hydrogen-bond donors (Lipinski definition) is 1. The first kappa shape index (κ1) is 15.5. The summed E-state index contributed by atoms with van der Waals surface area (Å²) in [6.07, 6.45) is 2.04. The lowest BCUT2D eigenvalue weighted by atomic mass is 9.96. The topological polar surface area (TPSA) is 59.0 Å². The summed E-state index contributed by atoms with van der Waals surface area (Å²) in [5, 5.41) is 9.12. The maximum absolute atomic E-state index is 11.1. The van der Waals surface area contributed by atoms with Crippen molar-refractivity contribution in [3.63, 3.8) is 0 Å². The fourth-order valence-corrected chi connectivity index (χ4v) is 3.58. The predicted octanol–water partition coefficient (Wildman–Crippen LogP) is 1.82. The van der Waals surface area contributed by atoms with E-state index in [4.69, 9.17) is 14.6 Å². The van der Waals surface area contributed by atoms with Crippen LogP contribution in [0.1, 0.15) is 29.5 Å². The highest BCUT2D eigenvalue weighted by Crippen LogP contribution is 2.28. The second-order valence-electron chi connectivity index (χ2n) is 6.13. The molecule has 0 bridgehead atoms. The molecule has 22 heavy (non-hydrogen) atoms. The average Bonchev–Trinajstić information content (AvgIpc) is 2.89. The van der Waals surface area contributed by atoms with Crippen molar-refractivity contribution in [2.24, 2.45) is 0 Å². The first-order chi connectivity index (χ1) is 10.7. The fourth-order valence-electron chi connectivity index (χ4n) is 3.58. The van der Waals surface area contributed by atoms with Gasteiger partial charge in [-0.1, -0.05) is 18.2 Å². The van der Waals surface area contributed by atoms with Crippen LogP contribution in [0.3, 0.4) is 0 Å². The van der Waals surface area contributed by atoms with E-state index < -0.39 is 5.97 Å². The molecular formula is C17H23NO4. The number of nitrogens with zero attached hydrogens (tertiary/aromatic N) is 1. The Kier molecular flexibility index (Phi) is 4.76. The normalized spacial score (nSPS) is 25.1. The molecule has 0 spiro atoms. The largest absolute Gasteiger partial charge is 0.481 e. The second-order valence-corrected chi connectivity index (χ2v) is 6.13. The van der Waals surface area contributed by atoms with Gasteiger partial charge in [0.2, 0.25) is 0 Å². The van der Waals surface area contributed by atoms with Crippen molar-refractivity contribution in [2.75, 3.05) is 20.3 Å². The molecule has 3 rings (SSSR count). The van der Waals surface area contributed by atoms with Crippen molar-refractivity contribution in [3.8, 4) is 0 Å². The molecule has 2 unspecified atom stereocenters. The summed E-state index contributed by atoms with van der Waals surface area (Å²) in [5.41, 5.74) is 3.94. The van der Waals surface area contributed by atoms with E-state index in [1.165, 1.54) is 16.7 Å². The molecule has 5 heteroatoms. The lowest BCUT2D eigenvalue weighted by molar-refractivity contribution is -0.138. The van der Waals surface area contributed by atoms with Gasteiger partial charge in [-0.15, -0.1) is 0 Å². The van der Waals surface area contributed by atoms with Crippen LogP contribution in [-0.2, 0) is 33.8 Å². The van der Waals surface area contributed by atoms with Gasteiger partial charge >= 0.3 is 5.97 Å². The number of aliphatic carboxylic acids is 1. The van der Waals surface area contributed by atoms with Crippen molar-refractivity contribution in [3.05, 3.63) is 34.9 Å². The molecule has 0 aliphatic carbocycles. The number of carboxylic acid groups (broad SMARTS) is 1. The lowest BCUT2D eigenvalue weighted by Gasteiger charge is -2.26. The second kappa shape index (κ2) is 6.77. The third-order valence-electron chi connectivity index (χ3n) is 4.73. The zero-order valence-electron chi connectivity index (χ0n) is 13.0. The van der Waals surface area contributed by atoms with Crippen LogP contribution in [0.25, 0.3) is 0 Å². The third-order valence-corrected chi connectivity index (χ3v) is 4.73. The minimum absolute atomic E-state index is 0.0538. The number of hydrogen-bond acceptors (Lipinski definition) is 4. The number of benzene rings is 1. The molecule has 2 aliphatic rings. The number of ether oxygens (including phenoxy) is 2. The van der Waals surface area contributed by atoms with E-state index in [1.807, 2.05) is 0 Å². The minimum Gasteiger partial charge on any atom is -0.481 e. The zero-order chi connectivity index (χ0) is 15.5. The van der Waals surface area contributed by atoms with E-state index in [0.29, 0.717) is 6.61 Å². The summed E-state index contributed by atoms with van der Waals surface area (Å²) in [6.45, 7) is 3.04. The van der Waals surface area contributed by atoms with Gasteiger partial charge in [0.05, 0.1) is 25.7 Å². The maximum Gasteiger partial charge on any atom is 0.304 e. The maximum atomic E-state index is 11.1. The molecule has 2 aliphatic heterocycles. The van der Waals surface area contributed by atoms with E-state index in [1.54, 1.807) is 7.11 Å². The standard InChI is InChI=1S/C17H23NO4/c1-21-15-7-14(8-17(19)20)18(10-15)9-12-3-2-4-13-11-22-6-5-16(12)13/h2-4,14-15H,5-11H2,1H3,(H,19,20). The number of likely N-dealkylation sites (tertiary alicyclic amines) is 1. The number of carbonyl (C=O) groups is 1. The summed E-state index contributed by atoms with van der Waals surface area (Å²) >= 11 is 0. The molecule has 1 saturated heterocycles. The third kappa shape index (κ3) is 3.32. The smallest absolute Gasteiger partial charge is 0.304 e. The van der Waals surface area contributed by atoms with Gasteiger partial charge in [-0.05, 0) is 29.5 Å². The highest BCUT2D eigenvalue weighted by Gasteiger charge is 2.33. The Balaban J connectivity index is 1.77. The molecule has 0 aromatic heterocycles. The summed E-state index contributed by atoms with van der Waals surface area (Å²) < 4.78 is 11.0. The van der Waals surface area contributed by atoms with E-state index in [9.17, 15) is 4.79 Å². The highest BCUT2D eigenvalue weighted by molar-refractivity contribution is 5.67. The van der Waals surface area contributed by atoms with E-state index in [2.05, 4.69) is 23.1 Å². The minimum atomic E-state index is -0.741. The van der Waals surface area contributed by atoms with Crippen LogP contribution in [0, 0.1) is 0 Å². The van der Waals surface area contributed by atoms with Crippen molar-refractivity contribution in [1.82, 2.24) is 4.90 Å². The number of rotatable bonds is 5. The highest BCUT2D eigenvalue weighted by atomic mass is 16.5. The van der Waals surface area contributed by atoms with Crippen molar-refractivity contribution in [2.45, 2.75) is 44.6 Å². The van der Waals surface area contributed by atoms with Crippen LogP contribution in [0.15, 0.2) is 18.2 Å². The lowest BCUT2D eigenvalue weighted by Crippen LogP contribution is -2.32. The Hall–Kier alpha value is -1.43. The van der Waals surface area contributed by atoms with Gasteiger partial charge in [-0.25, -0.2) is 0 Å². The van der Waals surface area contributed by atoms with Crippen molar-refractivity contribution < 1.29 is 19.4 Å². The van der Waals surface area contributed by atoms with E-state index in [0.717, 1.165) is 32.5 Å². The first-order valence-corrected chi connectivity index (χ1v) is 7.83. The molecule has 1 fully saturated rings. The van der Waals surface area contributed by atoms with E-state index in [-0.39, 0.29) is 18.6 Å². The van der Waals surface area contributed by atoms with Gasteiger partial charge < -0.3 is 14.6 Å². The zero-order valence-corrected chi connectivity index (χ0v) is 13.0. The van der Waals surface area contributed by atoms with Crippen LogP contribution in [0.2, 0.25) is 0 Å². The number of methoxy groups -OCH3 is 1. The predicted molar refractivity (Wildman–Crippen MR) is 81.7 cm³/mol. The molecule has 0 radical (unpaired) electrons. The summed E-state index contributed by atoms with van der Waals surface area (Å²) in [6, 6.07) is 6.40. The van der Waals surface area contributed by atoms with Gasteiger partial charge in [0.1, 0.15) is 0 Å². The first-order valence-electron chi connectivity index (χ1n) is 7.83. The Bertz CT molecular complexity index is 545. The van der Waals surface area contributed by atoms with Gasteiger partial charge in [-0.2, -0.15) is 0 Å². The van der Waals surface area contributed by atoms with Crippen LogP contribution in [0.5, 0.6) is 0 Å². The van der Waals surface area contributed by atoms with Gasteiger partial charge in [0, 0.05) is 26.2 Å². The Morgan fingerprint density at radius 3 is 3.14 bits per heavy atom. The average molecular weight is 305 g/mol. The Morgan fingerprint density at radius 1 is 1.50 bits per heavy atom. The molecule has 2 heterocycles. The number of fused-ring (bicyclic) bond motifs is 1. The Labute approximate surface area is 130 Å². The number of carboxylic acids is 1. The summed E-state index contributed by atoms with van der Waals surface area (Å²) in [7, 11) is 1.70.